The monoisotopic (exact) mass is 460 g/mol. The Morgan fingerprint density at radius 2 is 1.81 bits per heavy atom. The highest BCUT2D eigenvalue weighted by molar-refractivity contribution is 6.32. The van der Waals surface area contributed by atoms with Gasteiger partial charge in [-0.05, 0) is 61.9 Å². The van der Waals surface area contributed by atoms with Gasteiger partial charge in [0.25, 0.3) is 0 Å². The fraction of sp³-hybridized carbons (Fsp3) is 0.440. The van der Waals surface area contributed by atoms with E-state index >= 15 is 0 Å². The van der Waals surface area contributed by atoms with Crippen LogP contribution >= 0.6 is 23.2 Å². The van der Waals surface area contributed by atoms with Crippen LogP contribution in [0.5, 0.6) is 0 Å². The quantitative estimate of drug-likeness (QED) is 0.540. The Kier molecular flexibility index (Phi) is 8.01. The van der Waals surface area contributed by atoms with Crippen LogP contribution in [0.15, 0.2) is 42.5 Å². The van der Waals surface area contributed by atoms with E-state index in [1.807, 2.05) is 44.2 Å². The molecule has 0 saturated heterocycles. The van der Waals surface area contributed by atoms with E-state index in [9.17, 15) is 9.59 Å². The number of hydrogen-bond donors (Lipinski definition) is 1. The number of aryl methyl sites for hydroxylation is 2. The van der Waals surface area contributed by atoms with Crippen molar-refractivity contribution in [3.63, 3.8) is 0 Å². The van der Waals surface area contributed by atoms with Crippen LogP contribution in [0.2, 0.25) is 5.02 Å². The Bertz CT molecular complexity index is 947. The molecule has 31 heavy (non-hydrogen) atoms. The minimum atomic E-state index is -0.906. The van der Waals surface area contributed by atoms with Crippen molar-refractivity contribution in [3.05, 3.63) is 64.2 Å². The third-order valence-electron chi connectivity index (χ3n) is 6.30. The van der Waals surface area contributed by atoms with Crippen LogP contribution in [0.25, 0.3) is 0 Å². The number of nitrogens with one attached hydrogen (secondary N) is 1. The van der Waals surface area contributed by atoms with E-state index in [4.69, 9.17) is 23.2 Å². The zero-order valence-electron chi connectivity index (χ0n) is 18.3. The lowest BCUT2D eigenvalue weighted by Gasteiger charge is -2.35. The predicted octanol–water partition coefficient (Wildman–Crippen LogP) is 5.96. The molecule has 0 aromatic heterocycles. The highest BCUT2D eigenvalue weighted by atomic mass is 35.5. The molecule has 3 rings (SSSR count). The molecule has 0 unspecified atom stereocenters. The molecule has 4 nitrogen and oxygen atoms in total. The van der Waals surface area contributed by atoms with E-state index in [1.165, 1.54) is 11.3 Å². The summed E-state index contributed by atoms with van der Waals surface area (Å²) >= 11 is 12.5. The molecular weight excluding hydrogens is 431 g/mol. The molecule has 3 atom stereocenters. The number of hydrogen-bond acceptors (Lipinski definition) is 2. The molecule has 0 radical (unpaired) electrons. The van der Waals surface area contributed by atoms with Gasteiger partial charge in [-0.25, -0.2) is 0 Å². The summed E-state index contributed by atoms with van der Waals surface area (Å²) in [5.41, 5.74) is 3.35. The second-order valence-corrected chi connectivity index (χ2v) is 9.14. The van der Waals surface area contributed by atoms with Gasteiger partial charge in [-0.2, -0.15) is 0 Å². The van der Waals surface area contributed by atoms with Crippen molar-refractivity contribution in [3.8, 4) is 0 Å². The number of halogens is 2. The molecule has 1 fully saturated rings. The first kappa shape index (κ1) is 23.6. The smallest absolute Gasteiger partial charge is 0.248 e. The first-order valence-corrected chi connectivity index (χ1v) is 11.7. The molecule has 0 aliphatic heterocycles. The lowest BCUT2D eigenvalue weighted by molar-refractivity contribution is -0.126. The van der Waals surface area contributed by atoms with Gasteiger partial charge in [0, 0.05) is 22.3 Å². The van der Waals surface area contributed by atoms with Crippen LogP contribution in [0.1, 0.15) is 55.3 Å². The van der Waals surface area contributed by atoms with Gasteiger partial charge in [-0.3, -0.25) is 14.5 Å². The second-order valence-electron chi connectivity index (χ2n) is 8.47. The SMILES string of the molecule is Cc1ccc(N(C(=O)CCl)[C@H](C(=O)N[C@H]2CCCC[C@@H]2C)c2ccccc2Cl)cc1C. The van der Waals surface area contributed by atoms with Gasteiger partial charge < -0.3 is 5.32 Å². The molecule has 2 aromatic carbocycles. The number of anilines is 1. The first-order valence-electron chi connectivity index (χ1n) is 10.8. The van der Waals surface area contributed by atoms with Crippen LogP contribution in [-0.2, 0) is 9.59 Å². The molecule has 1 N–H and O–H groups in total. The van der Waals surface area contributed by atoms with E-state index in [0.717, 1.165) is 30.4 Å². The zero-order chi connectivity index (χ0) is 22.5. The number of rotatable bonds is 6. The van der Waals surface area contributed by atoms with Crippen molar-refractivity contribution >= 4 is 40.7 Å². The second kappa shape index (κ2) is 10.5. The molecule has 1 saturated carbocycles. The molecule has 1 aliphatic rings. The predicted molar refractivity (Wildman–Crippen MR) is 128 cm³/mol. The normalized spacial score (nSPS) is 19.5. The summed E-state index contributed by atoms with van der Waals surface area (Å²) in [6.45, 7) is 6.16. The van der Waals surface area contributed by atoms with E-state index in [1.54, 1.807) is 12.1 Å². The molecule has 1 aliphatic carbocycles. The minimum Gasteiger partial charge on any atom is -0.351 e. The Morgan fingerprint density at radius 3 is 2.45 bits per heavy atom. The number of carbonyl (C=O) groups is 2. The average molecular weight is 461 g/mol. The van der Waals surface area contributed by atoms with E-state index in [2.05, 4.69) is 12.2 Å². The van der Waals surface area contributed by atoms with E-state index in [-0.39, 0.29) is 23.7 Å². The lowest BCUT2D eigenvalue weighted by Crippen LogP contribution is -2.49. The Morgan fingerprint density at radius 1 is 1.10 bits per heavy atom. The van der Waals surface area contributed by atoms with E-state index < -0.39 is 6.04 Å². The Balaban J connectivity index is 2.07. The van der Waals surface area contributed by atoms with Crippen molar-refractivity contribution in [1.82, 2.24) is 5.32 Å². The minimum absolute atomic E-state index is 0.0824. The standard InChI is InChI=1S/C25H30Cl2N2O2/c1-16-12-13-19(14-18(16)3)29(23(30)15-26)24(20-9-5-6-10-21(20)27)25(31)28-22-11-7-4-8-17(22)2/h5-6,9-10,12-14,17,22,24H,4,7-8,11,15H2,1-3H3,(H,28,31)/t17-,22-,24-/m0/s1. The molecule has 166 valence electrons. The van der Waals surface area contributed by atoms with Gasteiger partial charge in [0.15, 0.2) is 0 Å². The Labute approximate surface area is 194 Å². The van der Waals surface area contributed by atoms with Crippen molar-refractivity contribution < 1.29 is 9.59 Å². The summed E-state index contributed by atoms with van der Waals surface area (Å²) in [5.74, 6) is -0.422. The maximum atomic E-state index is 13.7. The maximum absolute atomic E-state index is 13.7. The van der Waals surface area contributed by atoms with Crippen LogP contribution in [0.4, 0.5) is 5.69 Å². The maximum Gasteiger partial charge on any atom is 0.248 e. The van der Waals surface area contributed by atoms with Gasteiger partial charge in [0.1, 0.15) is 11.9 Å². The van der Waals surface area contributed by atoms with Crippen LogP contribution in [0, 0.1) is 19.8 Å². The van der Waals surface area contributed by atoms with Gasteiger partial charge >= 0.3 is 0 Å². The van der Waals surface area contributed by atoms with Crippen LogP contribution < -0.4 is 10.2 Å². The van der Waals surface area contributed by atoms with Crippen molar-refractivity contribution in [2.75, 3.05) is 10.8 Å². The molecule has 6 heteroatoms. The fourth-order valence-electron chi connectivity index (χ4n) is 4.26. The number of benzene rings is 2. The number of carbonyl (C=O) groups excluding carboxylic acids is 2. The van der Waals surface area contributed by atoms with Gasteiger partial charge in [0.2, 0.25) is 11.8 Å². The topological polar surface area (TPSA) is 49.4 Å². The van der Waals surface area contributed by atoms with Gasteiger partial charge in [0.05, 0.1) is 0 Å². The summed E-state index contributed by atoms with van der Waals surface area (Å²) in [7, 11) is 0. The van der Waals surface area contributed by atoms with E-state index in [0.29, 0.717) is 22.2 Å². The number of amides is 2. The van der Waals surface area contributed by atoms with Gasteiger partial charge in [-0.15, -0.1) is 11.6 Å². The van der Waals surface area contributed by atoms with Crippen LogP contribution in [0.3, 0.4) is 0 Å². The average Bonchev–Trinajstić information content (AvgIpc) is 2.76. The highest BCUT2D eigenvalue weighted by Crippen LogP contribution is 2.34. The number of alkyl halides is 1. The summed E-state index contributed by atoms with van der Waals surface area (Å²) in [4.78, 5) is 28.2. The first-order chi connectivity index (χ1) is 14.8. The molecule has 2 aromatic rings. The fourth-order valence-corrected chi connectivity index (χ4v) is 4.63. The third kappa shape index (κ3) is 5.42. The number of nitrogens with zero attached hydrogens (tertiary/aromatic N) is 1. The molecule has 0 bridgehead atoms. The van der Waals surface area contributed by atoms with Gasteiger partial charge in [-0.1, -0.05) is 55.6 Å². The van der Waals surface area contributed by atoms with Crippen molar-refractivity contribution in [2.24, 2.45) is 5.92 Å². The largest absolute Gasteiger partial charge is 0.351 e. The van der Waals surface area contributed by atoms with Crippen LogP contribution in [-0.4, -0.2) is 23.7 Å². The molecule has 0 heterocycles. The summed E-state index contributed by atoms with van der Waals surface area (Å²) in [6.07, 6.45) is 4.30. The third-order valence-corrected chi connectivity index (χ3v) is 6.87. The molecular formula is C25H30Cl2N2O2. The summed E-state index contributed by atoms with van der Waals surface area (Å²) in [5, 5.41) is 3.66. The van der Waals surface area contributed by atoms with Crippen molar-refractivity contribution in [1.29, 1.82) is 0 Å². The summed E-state index contributed by atoms with van der Waals surface area (Å²) < 4.78 is 0. The lowest BCUT2D eigenvalue weighted by atomic mass is 9.85. The zero-order valence-corrected chi connectivity index (χ0v) is 19.8. The molecule has 2 amide bonds. The summed E-state index contributed by atoms with van der Waals surface area (Å²) in [6, 6.07) is 12.1. The Hall–Kier alpha value is -2.04. The molecule has 0 spiro atoms. The van der Waals surface area contributed by atoms with Crippen molar-refractivity contribution in [2.45, 2.75) is 58.5 Å². The highest BCUT2D eigenvalue weighted by Gasteiger charge is 2.35.